The van der Waals surface area contributed by atoms with Crippen LogP contribution in [0.1, 0.15) is 10.5 Å². The van der Waals surface area contributed by atoms with Crippen molar-refractivity contribution >= 4 is 5.91 Å². The smallest absolute Gasteiger partial charge is 0.274 e. The summed E-state index contributed by atoms with van der Waals surface area (Å²) >= 11 is 0. The molecule has 0 aromatic carbocycles. The third-order valence-electron chi connectivity index (χ3n) is 1.52. The predicted octanol–water partition coefficient (Wildman–Crippen LogP) is -0.0676. The molecule has 2 rings (SSSR count). The van der Waals surface area contributed by atoms with Crippen LogP contribution in [0.4, 0.5) is 0 Å². The maximum Gasteiger partial charge on any atom is 0.274 e. The van der Waals surface area contributed by atoms with E-state index in [2.05, 4.69) is 9.97 Å². The summed E-state index contributed by atoms with van der Waals surface area (Å²) in [6, 6.07) is 0. The molecular formula is C7H7N3O. The van der Waals surface area contributed by atoms with Gasteiger partial charge in [-0.3, -0.25) is 9.78 Å². The number of rotatable bonds is 1. The number of nitrogens with zero attached hydrogens (tertiary/aromatic N) is 3. The van der Waals surface area contributed by atoms with E-state index in [0.717, 1.165) is 13.1 Å². The summed E-state index contributed by atoms with van der Waals surface area (Å²) in [6.07, 6.45) is 4.57. The van der Waals surface area contributed by atoms with Gasteiger partial charge in [0, 0.05) is 25.5 Å². The van der Waals surface area contributed by atoms with Crippen LogP contribution >= 0.6 is 0 Å². The second-order valence-electron chi connectivity index (χ2n) is 2.38. The fraction of sp³-hybridized carbons (Fsp3) is 0.286. The maximum absolute atomic E-state index is 11.2. The first-order chi connectivity index (χ1) is 5.38. The zero-order valence-corrected chi connectivity index (χ0v) is 5.90. The van der Waals surface area contributed by atoms with E-state index in [0.29, 0.717) is 5.69 Å². The lowest BCUT2D eigenvalue weighted by Gasteiger charge is -1.97. The molecule has 0 aliphatic carbocycles. The van der Waals surface area contributed by atoms with Crippen molar-refractivity contribution in [2.75, 3.05) is 13.1 Å². The first kappa shape index (κ1) is 6.27. The molecule has 56 valence electrons. The minimum atomic E-state index is -0.0156. The lowest BCUT2D eigenvalue weighted by Crippen LogP contribution is -2.12. The van der Waals surface area contributed by atoms with Crippen molar-refractivity contribution < 1.29 is 4.79 Å². The van der Waals surface area contributed by atoms with Gasteiger partial charge in [0.05, 0.1) is 6.20 Å². The van der Waals surface area contributed by atoms with Crippen LogP contribution in [0.25, 0.3) is 0 Å². The Balaban J connectivity index is 2.22. The highest BCUT2D eigenvalue weighted by atomic mass is 16.2. The molecule has 4 heteroatoms. The second kappa shape index (κ2) is 2.30. The van der Waals surface area contributed by atoms with Crippen LogP contribution in [0, 0.1) is 0 Å². The Morgan fingerprint density at radius 3 is 2.82 bits per heavy atom. The molecule has 1 aromatic rings. The zero-order valence-electron chi connectivity index (χ0n) is 5.90. The standard InChI is InChI=1S/C7H7N3O/c11-7(10-3-4-10)6-5-8-1-2-9-6/h1-2,5H,3-4H2. The Hall–Kier alpha value is -1.45. The molecule has 1 aromatic heterocycles. The van der Waals surface area contributed by atoms with Gasteiger partial charge in [-0.1, -0.05) is 0 Å². The van der Waals surface area contributed by atoms with E-state index in [4.69, 9.17) is 0 Å². The molecular weight excluding hydrogens is 142 g/mol. The van der Waals surface area contributed by atoms with Gasteiger partial charge in [0.2, 0.25) is 0 Å². The van der Waals surface area contributed by atoms with Gasteiger partial charge >= 0.3 is 0 Å². The fourth-order valence-corrected chi connectivity index (χ4v) is 0.825. The molecule has 2 heterocycles. The lowest BCUT2D eigenvalue weighted by atomic mass is 10.4. The topological polar surface area (TPSA) is 45.9 Å². The van der Waals surface area contributed by atoms with Gasteiger partial charge in [0.1, 0.15) is 5.69 Å². The number of carbonyl (C=O) groups is 1. The Bertz CT molecular complexity index is 268. The highest BCUT2D eigenvalue weighted by Gasteiger charge is 2.25. The van der Waals surface area contributed by atoms with Gasteiger partial charge in [0.15, 0.2) is 0 Å². The summed E-state index contributed by atoms with van der Waals surface area (Å²) in [5, 5.41) is 0. The molecule has 0 bridgehead atoms. The van der Waals surface area contributed by atoms with Crippen LogP contribution in [0.3, 0.4) is 0 Å². The van der Waals surface area contributed by atoms with E-state index in [9.17, 15) is 4.79 Å². The average molecular weight is 149 g/mol. The zero-order chi connectivity index (χ0) is 7.68. The van der Waals surface area contributed by atoms with E-state index in [1.165, 1.54) is 12.4 Å². The average Bonchev–Trinajstić information content (AvgIpc) is 2.87. The first-order valence-electron chi connectivity index (χ1n) is 3.43. The summed E-state index contributed by atoms with van der Waals surface area (Å²) in [4.78, 5) is 20.6. The molecule has 0 spiro atoms. The van der Waals surface area contributed by atoms with Crippen molar-refractivity contribution in [2.45, 2.75) is 0 Å². The maximum atomic E-state index is 11.2. The molecule has 1 fully saturated rings. The van der Waals surface area contributed by atoms with Crippen molar-refractivity contribution in [2.24, 2.45) is 0 Å². The normalized spacial score (nSPS) is 14.7. The number of hydrogen-bond donors (Lipinski definition) is 0. The van der Waals surface area contributed by atoms with Crippen LogP contribution in [-0.4, -0.2) is 33.9 Å². The molecule has 0 N–H and O–H groups in total. The molecule has 11 heavy (non-hydrogen) atoms. The van der Waals surface area contributed by atoms with Gasteiger partial charge in [-0.05, 0) is 0 Å². The van der Waals surface area contributed by atoms with Gasteiger partial charge in [0.25, 0.3) is 5.91 Å². The molecule has 0 unspecified atom stereocenters. The Morgan fingerprint density at radius 2 is 2.27 bits per heavy atom. The van der Waals surface area contributed by atoms with Crippen molar-refractivity contribution in [1.82, 2.24) is 14.9 Å². The molecule has 1 amide bonds. The summed E-state index contributed by atoms with van der Waals surface area (Å²) in [6.45, 7) is 1.71. The van der Waals surface area contributed by atoms with Gasteiger partial charge in [-0.15, -0.1) is 0 Å². The Labute approximate surface area is 63.9 Å². The van der Waals surface area contributed by atoms with Crippen molar-refractivity contribution in [1.29, 1.82) is 0 Å². The third-order valence-corrected chi connectivity index (χ3v) is 1.52. The number of amides is 1. The Morgan fingerprint density at radius 1 is 1.45 bits per heavy atom. The molecule has 4 nitrogen and oxygen atoms in total. The molecule has 1 saturated heterocycles. The summed E-state index contributed by atoms with van der Waals surface area (Å²) in [5.41, 5.74) is 0.435. The largest absolute Gasteiger partial charge is 0.334 e. The highest BCUT2D eigenvalue weighted by Crippen LogP contribution is 2.08. The molecule has 0 saturated carbocycles. The third kappa shape index (κ3) is 1.19. The summed E-state index contributed by atoms with van der Waals surface area (Å²) < 4.78 is 0. The van der Waals surface area contributed by atoms with Crippen molar-refractivity contribution in [3.05, 3.63) is 24.3 Å². The lowest BCUT2D eigenvalue weighted by molar-refractivity contribution is 0.0879. The fourth-order valence-electron chi connectivity index (χ4n) is 0.825. The molecule has 0 atom stereocenters. The Kier molecular flexibility index (Phi) is 1.31. The SMILES string of the molecule is O=C(c1cnccn1)N1CC1. The van der Waals surface area contributed by atoms with Crippen molar-refractivity contribution in [3.63, 3.8) is 0 Å². The summed E-state index contributed by atoms with van der Waals surface area (Å²) in [5.74, 6) is -0.0156. The first-order valence-corrected chi connectivity index (χ1v) is 3.43. The minimum absolute atomic E-state index is 0.0156. The van der Waals surface area contributed by atoms with Crippen LogP contribution < -0.4 is 0 Å². The molecule has 1 aliphatic rings. The number of hydrogen-bond acceptors (Lipinski definition) is 3. The highest BCUT2D eigenvalue weighted by molar-refractivity contribution is 5.93. The minimum Gasteiger partial charge on any atom is -0.334 e. The van der Waals surface area contributed by atoms with Gasteiger partial charge < -0.3 is 4.90 Å². The molecule has 0 radical (unpaired) electrons. The van der Waals surface area contributed by atoms with Crippen LogP contribution in [0.15, 0.2) is 18.6 Å². The quantitative estimate of drug-likeness (QED) is 0.525. The monoisotopic (exact) mass is 149 g/mol. The van der Waals surface area contributed by atoms with E-state index >= 15 is 0 Å². The van der Waals surface area contributed by atoms with Crippen LogP contribution in [0.5, 0.6) is 0 Å². The van der Waals surface area contributed by atoms with Gasteiger partial charge in [-0.25, -0.2) is 4.98 Å². The second-order valence-corrected chi connectivity index (χ2v) is 2.38. The van der Waals surface area contributed by atoms with Gasteiger partial charge in [-0.2, -0.15) is 0 Å². The van der Waals surface area contributed by atoms with E-state index < -0.39 is 0 Å². The van der Waals surface area contributed by atoms with E-state index in [1.807, 2.05) is 0 Å². The van der Waals surface area contributed by atoms with Crippen molar-refractivity contribution in [3.8, 4) is 0 Å². The summed E-state index contributed by atoms with van der Waals surface area (Å²) in [7, 11) is 0. The van der Waals surface area contributed by atoms with Crippen LogP contribution in [-0.2, 0) is 0 Å². The van der Waals surface area contributed by atoms with E-state index in [-0.39, 0.29) is 5.91 Å². The number of aromatic nitrogens is 2. The van der Waals surface area contributed by atoms with E-state index in [1.54, 1.807) is 11.1 Å². The molecule has 1 aliphatic heterocycles. The number of carbonyl (C=O) groups excluding carboxylic acids is 1. The van der Waals surface area contributed by atoms with Crippen LogP contribution in [0.2, 0.25) is 0 Å². The predicted molar refractivity (Wildman–Crippen MR) is 37.9 cm³/mol.